The summed E-state index contributed by atoms with van der Waals surface area (Å²) in [5.74, 6) is -3.05. The lowest BCUT2D eigenvalue weighted by atomic mass is 10.1. The number of ether oxygens (including phenoxy) is 1. The zero-order valence-electron chi connectivity index (χ0n) is 14.9. The number of halogens is 4. The highest BCUT2D eigenvalue weighted by molar-refractivity contribution is 7.89. The summed E-state index contributed by atoms with van der Waals surface area (Å²) < 4.78 is 81.6. The molecule has 0 unspecified atom stereocenters. The molecule has 0 bridgehead atoms. The van der Waals surface area contributed by atoms with Crippen LogP contribution >= 0.6 is 0 Å². The molecule has 1 heterocycles. The number of alkyl halides is 2. The number of piperazine rings is 1. The fourth-order valence-corrected chi connectivity index (χ4v) is 4.34. The van der Waals surface area contributed by atoms with E-state index in [1.807, 2.05) is 0 Å². The Labute approximate surface area is 164 Å². The number of sulfonamides is 1. The van der Waals surface area contributed by atoms with Crippen LogP contribution in [0.4, 0.5) is 17.6 Å². The van der Waals surface area contributed by atoms with Crippen molar-refractivity contribution in [2.45, 2.75) is 11.5 Å². The third kappa shape index (κ3) is 4.67. The molecule has 3 rings (SSSR count). The number of benzene rings is 2. The number of carbonyl (C=O) groups excluding carboxylic acids is 1. The van der Waals surface area contributed by atoms with Crippen molar-refractivity contribution in [2.24, 2.45) is 0 Å². The Morgan fingerprint density at radius 3 is 2.28 bits per heavy atom. The van der Waals surface area contributed by atoms with Crippen LogP contribution in [0.2, 0.25) is 0 Å². The lowest BCUT2D eigenvalue weighted by molar-refractivity contribution is -0.0499. The smallest absolute Gasteiger partial charge is 0.387 e. The molecular formula is C18H16F4N2O4S. The maximum Gasteiger partial charge on any atom is 0.387 e. The second kappa shape index (κ2) is 8.37. The van der Waals surface area contributed by atoms with Crippen molar-refractivity contribution in [1.82, 2.24) is 9.21 Å². The summed E-state index contributed by atoms with van der Waals surface area (Å²) in [6, 6.07) is 7.61. The minimum atomic E-state index is -4.05. The van der Waals surface area contributed by atoms with Crippen LogP contribution in [0.15, 0.2) is 47.4 Å². The largest absolute Gasteiger partial charge is 0.435 e. The van der Waals surface area contributed by atoms with E-state index in [1.165, 1.54) is 29.2 Å². The maximum absolute atomic E-state index is 13.4. The van der Waals surface area contributed by atoms with Crippen molar-refractivity contribution in [3.63, 3.8) is 0 Å². The van der Waals surface area contributed by atoms with Gasteiger partial charge in [0.15, 0.2) is 11.6 Å². The monoisotopic (exact) mass is 432 g/mol. The van der Waals surface area contributed by atoms with Gasteiger partial charge in [0.1, 0.15) is 5.75 Å². The van der Waals surface area contributed by atoms with Gasteiger partial charge >= 0.3 is 6.61 Å². The van der Waals surface area contributed by atoms with Crippen LogP contribution in [-0.4, -0.2) is 56.3 Å². The van der Waals surface area contributed by atoms with Crippen LogP contribution in [0, 0.1) is 11.6 Å². The second-order valence-electron chi connectivity index (χ2n) is 6.18. The van der Waals surface area contributed by atoms with Crippen LogP contribution in [0.25, 0.3) is 0 Å². The van der Waals surface area contributed by atoms with Crippen molar-refractivity contribution < 1.29 is 35.5 Å². The zero-order chi connectivity index (χ0) is 21.2. The molecule has 0 atom stereocenters. The first-order valence-electron chi connectivity index (χ1n) is 8.48. The Morgan fingerprint density at radius 1 is 0.966 bits per heavy atom. The lowest BCUT2D eigenvalue weighted by Crippen LogP contribution is -2.50. The van der Waals surface area contributed by atoms with Crippen molar-refractivity contribution in [3.05, 3.63) is 59.7 Å². The first-order chi connectivity index (χ1) is 13.7. The summed E-state index contributed by atoms with van der Waals surface area (Å²) in [7, 11) is -4.05. The molecule has 1 amide bonds. The molecule has 1 saturated heterocycles. The molecule has 2 aromatic rings. The second-order valence-corrected chi connectivity index (χ2v) is 8.12. The highest BCUT2D eigenvalue weighted by atomic mass is 32.2. The molecule has 11 heteroatoms. The zero-order valence-corrected chi connectivity index (χ0v) is 15.7. The van der Waals surface area contributed by atoms with Gasteiger partial charge in [-0.2, -0.15) is 13.1 Å². The van der Waals surface area contributed by atoms with E-state index in [4.69, 9.17) is 0 Å². The molecule has 0 spiro atoms. The van der Waals surface area contributed by atoms with Gasteiger partial charge in [0.2, 0.25) is 10.0 Å². The van der Waals surface area contributed by atoms with Gasteiger partial charge < -0.3 is 9.64 Å². The molecule has 0 aliphatic carbocycles. The Bertz CT molecular complexity index is 1010. The third-order valence-corrected chi connectivity index (χ3v) is 6.26. The molecular weight excluding hydrogens is 416 g/mol. The summed E-state index contributed by atoms with van der Waals surface area (Å²) in [5, 5.41) is 0. The molecule has 0 N–H and O–H groups in total. The van der Waals surface area contributed by atoms with Gasteiger partial charge in [-0.25, -0.2) is 17.2 Å². The molecule has 6 nitrogen and oxygen atoms in total. The quantitative estimate of drug-likeness (QED) is 0.682. The number of nitrogens with zero attached hydrogens (tertiary/aromatic N) is 2. The number of hydrogen-bond donors (Lipinski definition) is 0. The molecule has 0 radical (unpaired) electrons. The van der Waals surface area contributed by atoms with Crippen molar-refractivity contribution in [2.75, 3.05) is 26.2 Å². The fraction of sp³-hybridized carbons (Fsp3) is 0.278. The van der Waals surface area contributed by atoms with Gasteiger partial charge in [0, 0.05) is 31.7 Å². The molecule has 156 valence electrons. The lowest BCUT2D eigenvalue weighted by Gasteiger charge is -2.34. The summed E-state index contributed by atoms with van der Waals surface area (Å²) in [6.45, 7) is -3.05. The summed E-state index contributed by atoms with van der Waals surface area (Å²) in [6.07, 6.45) is 0. The molecule has 0 aromatic heterocycles. The SMILES string of the molecule is O=C(c1cccc(OC(F)F)c1)N1CCN(S(=O)(=O)c2ccc(F)c(F)c2)CC1. The van der Waals surface area contributed by atoms with Gasteiger partial charge in [0.05, 0.1) is 4.90 Å². The first-order valence-corrected chi connectivity index (χ1v) is 9.92. The van der Waals surface area contributed by atoms with E-state index in [9.17, 15) is 30.8 Å². The van der Waals surface area contributed by atoms with Gasteiger partial charge in [0.25, 0.3) is 5.91 Å². The van der Waals surface area contributed by atoms with Crippen molar-refractivity contribution >= 4 is 15.9 Å². The third-order valence-electron chi connectivity index (χ3n) is 4.36. The van der Waals surface area contributed by atoms with Crippen LogP contribution in [0.1, 0.15) is 10.4 Å². The molecule has 1 fully saturated rings. The number of hydrogen-bond acceptors (Lipinski definition) is 4. The van der Waals surface area contributed by atoms with Crippen LogP contribution in [0.3, 0.4) is 0 Å². The minimum absolute atomic E-state index is 0.0433. The number of rotatable bonds is 5. The first kappa shape index (κ1) is 21.1. The van der Waals surface area contributed by atoms with Gasteiger partial charge in [-0.05, 0) is 36.4 Å². The van der Waals surface area contributed by atoms with Crippen LogP contribution in [-0.2, 0) is 10.0 Å². The Kier molecular flexibility index (Phi) is 6.08. The summed E-state index contributed by atoms with van der Waals surface area (Å²) in [4.78, 5) is 13.6. The van der Waals surface area contributed by atoms with E-state index in [-0.39, 0.29) is 42.4 Å². The van der Waals surface area contributed by atoms with Crippen molar-refractivity contribution in [3.8, 4) is 5.75 Å². The van der Waals surface area contributed by atoms with E-state index in [1.54, 1.807) is 0 Å². The summed E-state index contributed by atoms with van der Waals surface area (Å²) in [5.41, 5.74) is 0.125. The topological polar surface area (TPSA) is 66.9 Å². The van der Waals surface area contributed by atoms with E-state index in [2.05, 4.69) is 4.74 Å². The molecule has 2 aromatic carbocycles. The highest BCUT2D eigenvalue weighted by Crippen LogP contribution is 2.22. The molecule has 29 heavy (non-hydrogen) atoms. The number of carbonyl (C=O) groups is 1. The van der Waals surface area contributed by atoms with E-state index in [0.29, 0.717) is 6.07 Å². The van der Waals surface area contributed by atoms with Crippen LogP contribution in [0.5, 0.6) is 5.75 Å². The average Bonchev–Trinajstić information content (AvgIpc) is 2.69. The molecule has 0 saturated carbocycles. The minimum Gasteiger partial charge on any atom is -0.435 e. The van der Waals surface area contributed by atoms with Gasteiger partial charge in [-0.1, -0.05) is 6.07 Å². The van der Waals surface area contributed by atoms with Crippen molar-refractivity contribution in [1.29, 1.82) is 0 Å². The summed E-state index contributed by atoms with van der Waals surface area (Å²) >= 11 is 0. The highest BCUT2D eigenvalue weighted by Gasteiger charge is 2.31. The molecule has 1 aliphatic rings. The van der Waals surface area contributed by atoms with Crippen LogP contribution < -0.4 is 4.74 Å². The van der Waals surface area contributed by atoms with Gasteiger partial charge in [-0.15, -0.1) is 0 Å². The number of amides is 1. The Morgan fingerprint density at radius 2 is 1.66 bits per heavy atom. The van der Waals surface area contributed by atoms with E-state index in [0.717, 1.165) is 16.4 Å². The van der Waals surface area contributed by atoms with E-state index >= 15 is 0 Å². The Balaban J connectivity index is 1.68. The predicted octanol–water partition coefficient (Wildman–Crippen LogP) is 2.71. The fourth-order valence-electron chi connectivity index (χ4n) is 2.91. The standard InChI is InChI=1S/C18H16F4N2O4S/c19-15-5-4-14(11-16(15)20)29(26,27)24-8-6-23(7-9-24)17(25)12-2-1-3-13(10-12)28-18(21)22/h1-5,10-11,18H,6-9H2. The normalized spacial score (nSPS) is 15.6. The average molecular weight is 432 g/mol. The molecule has 1 aliphatic heterocycles. The van der Waals surface area contributed by atoms with E-state index < -0.39 is 34.2 Å². The van der Waals surface area contributed by atoms with Gasteiger partial charge in [-0.3, -0.25) is 4.79 Å². The maximum atomic E-state index is 13.4. The Hall–Kier alpha value is -2.66. The predicted molar refractivity (Wildman–Crippen MR) is 94.1 cm³/mol.